The number of halogens is 1. The second-order valence-electron chi connectivity index (χ2n) is 4.22. The van der Waals surface area contributed by atoms with Crippen LogP contribution < -0.4 is 4.90 Å². The molecule has 0 saturated carbocycles. The zero-order chi connectivity index (χ0) is 13.3. The van der Waals surface area contributed by atoms with Crippen LogP contribution in [0.4, 0.5) is 5.69 Å². The SMILES string of the molecule is CN(C(=O)C1(C(=O)O)COC1)c1ccc(Cl)cc1. The number of benzene rings is 1. The minimum Gasteiger partial charge on any atom is -0.480 e. The molecule has 96 valence electrons. The van der Waals surface area contributed by atoms with Crippen LogP contribution in [-0.2, 0) is 14.3 Å². The monoisotopic (exact) mass is 269 g/mol. The Balaban J connectivity index is 2.23. The molecule has 2 rings (SSSR count). The fraction of sp³-hybridized carbons (Fsp3) is 0.333. The third-order valence-electron chi connectivity index (χ3n) is 3.03. The van der Waals surface area contributed by atoms with E-state index in [9.17, 15) is 9.59 Å². The van der Waals surface area contributed by atoms with Gasteiger partial charge in [0.25, 0.3) is 0 Å². The lowest BCUT2D eigenvalue weighted by Crippen LogP contribution is -2.59. The summed E-state index contributed by atoms with van der Waals surface area (Å²) in [5, 5.41) is 9.70. The van der Waals surface area contributed by atoms with Crippen molar-refractivity contribution in [3.8, 4) is 0 Å². The number of hydrogen-bond donors (Lipinski definition) is 1. The molecule has 1 heterocycles. The van der Waals surface area contributed by atoms with Gasteiger partial charge in [-0.1, -0.05) is 11.6 Å². The lowest BCUT2D eigenvalue weighted by molar-refractivity contribution is -0.183. The van der Waals surface area contributed by atoms with Crippen molar-refractivity contribution in [2.45, 2.75) is 0 Å². The van der Waals surface area contributed by atoms with Gasteiger partial charge in [-0.2, -0.15) is 0 Å². The molecule has 18 heavy (non-hydrogen) atoms. The Hall–Kier alpha value is -1.59. The second kappa shape index (κ2) is 4.59. The average Bonchev–Trinajstić information content (AvgIpc) is 2.27. The lowest BCUT2D eigenvalue weighted by atomic mass is 9.84. The number of carboxylic acids is 1. The van der Waals surface area contributed by atoms with Crippen molar-refractivity contribution in [2.75, 3.05) is 25.2 Å². The molecule has 0 unspecified atom stereocenters. The Labute approximate surface area is 109 Å². The second-order valence-corrected chi connectivity index (χ2v) is 4.66. The molecule has 0 radical (unpaired) electrons. The fourth-order valence-electron chi connectivity index (χ4n) is 1.75. The summed E-state index contributed by atoms with van der Waals surface area (Å²) in [6, 6.07) is 6.61. The normalized spacial score (nSPS) is 16.8. The minimum absolute atomic E-state index is 0.0842. The van der Waals surface area contributed by atoms with Crippen LogP contribution in [0.3, 0.4) is 0 Å². The van der Waals surface area contributed by atoms with E-state index in [4.69, 9.17) is 21.4 Å². The first-order chi connectivity index (χ1) is 8.47. The van der Waals surface area contributed by atoms with Gasteiger partial charge in [0.2, 0.25) is 5.91 Å². The number of amides is 1. The van der Waals surface area contributed by atoms with Gasteiger partial charge in [-0.3, -0.25) is 9.59 Å². The van der Waals surface area contributed by atoms with Crippen molar-refractivity contribution >= 4 is 29.2 Å². The molecule has 1 amide bonds. The summed E-state index contributed by atoms with van der Waals surface area (Å²) in [4.78, 5) is 24.7. The molecule has 0 spiro atoms. The van der Waals surface area contributed by atoms with Gasteiger partial charge >= 0.3 is 5.97 Å². The number of ether oxygens (including phenoxy) is 1. The zero-order valence-electron chi connectivity index (χ0n) is 9.72. The minimum atomic E-state index is -1.45. The largest absolute Gasteiger partial charge is 0.480 e. The summed E-state index contributed by atoms with van der Waals surface area (Å²) in [5.74, 6) is -1.64. The van der Waals surface area contributed by atoms with Crippen LogP contribution in [0, 0.1) is 5.41 Å². The predicted octanol–water partition coefficient (Wildman–Crippen LogP) is 1.40. The van der Waals surface area contributed by atoms with E-state index in [-0.39, 0.29) is 13.2 Å². The quantitative estimate of drug-likeness (QED) is 0.843. The third kappa shape index (κ3) is 1.95. The Bertz CT molecular complexity index is 481. The Kier molecular flexibility index (Phi) is 3.28. The van der Waals surface area contributed by atoms with Crippen LogP contribution in [0.5, 0.6) is 0 Å². The van der Waals surface area contributed by atoms with Gasteiger partial charge < -0.3 is 14.7 Å². The van der Waals surface area contributed by atoms with Crippen molar-refractivity contribution in [1.82, 2.24) is 0 Å². The maximum absolute atomic E-state index is 12.2. The molecule has 0 atom stereocenters. The highest BCUT2D eigenvalue weighted by Gasteiger charge is 2.54. The first-order valence-corrected chi connectivity index (χ1v) is 5.70. The van der Waals surface area contributed by atoms with E-state index in [1.807, 2.05) is 0 Å². The maximum Gasteiger partial charge on any atom is 0.324 e. The van der Waals surface area contributed by atoms with E-state index in [2.05, 4.69) is 0 Å². The lowest BCUT2D eigenvalue weighted by Gasteiger charge is -2.38. The predicted molar refractivity (Wildman–Crippen MR) is 65.7 cm³/mol. The summed E-state index contributed by atoms with van der Waals surface area (Å²) in [5.41, 5.74) is -0.856. The number of nitrogens with zero attached hydrogens (tertiary/aromatic N) is 1. The molecule has 1 N–H and O–H groups in total. The highest BCUT2D eigenvalue weighted by molar-refractivity contribution is 6.30. The number of hydrogen-bond acceptors (Lipinski definition) is 3. The molecule has 1 aliphatic heterocycles. The Morgan fingerprint density at radius 1 is 1.33 bits per heavy atom. The molecular weight excluding hydrogens is 258 g/mol. The summed E-state index contributed by atoms with van der Waals surface area (Å²) in [6.45, 7) is -0.168. The summed E-state index contributed by atoms with van der Waals surface area (Å²) >= 11 is 5.76. The molecule has 5 nitrogen and oxygen atoms in total. The van der Waals surface area contributed by atoms with Crippen molar-refractivity contribution in [3.63, 3.8) is 0 Å². The van der Waals surface area contributed by atoms with Gasteiger partial charge in [-0.05, 0) is 24.3 Å². The van der Waals surface area contributed by atoms with Crippen LogP contribution in [0.1, 0.15) is 0 Å². The third-order valence-corrected chi connectivity index (χ3v) is 3.29. The topological polar surface area (TPSA) is 66.8 Å². The summed E-state index contributed by atoms with van der Waals surface area (Å²) in [6.07, 6.45) is 0. The molecule has 1 aromatic rings. The smallest absolute Gasteiger partial charge is 0.324 e. The van der Waals surface area contributed by atoms with Gasteiger partial charge in [-0.25, -0.2) is 0 Å². The van der Waals surface area contributed by atoms with E-state index in [0.29, 0.717) is 10.7 Å². The van der Waals surface area contributed by atoms with Gasteiger partial charge in [0.1, 0.15) is 0 Å². The highest BCUT2D eigenvalue weighted by atomic mass is 35.5. The van der Waals surface area contributed by atoms with Crippen molar-refractivity contribution in [1.29, 1.82) is 0 Å². The van der Waals surface area contributed by atoms with E-state index in [1.165, 1.54) is 11.9 Å². The average molecular weight is 270 g/mol. The Morgan fingerprint density at radius 2 is 1.89 bits per heavy atom. The number of aliphatic carboxylic acids is 1. The van der Waals surface area contributed by atoms with Crippen LogP contribution in [0.2, 0.25) is 5.02 Å². The van der Waals surface area contributed by atoms with Crippen LogP contribution in [0.15, 0.2) is 24.3 Å². The fourth-order valence-corrected chi connectivity index (χ4v) is 1.87. The van der Waals surface area contributed by atoms with E-state index in [1.54, 1.807) is 24.3 Å². The maximum atomic E-state index is 12.2. The molecule has 1 aliphatic rings. The Morgan fingerprint density at radius 3 is 2.28 bits per heavy atom. The molecule has 6 heteroatoms. The molecule has 1 saturated heterocycles. The number of rotatable bonds is 3. The molecule has 0 bridgehead atoms. The number of anilines is 1. The highest BCUT2D eigenvalue weighted by Crippen LogP contribution is 2.32. The van der Waals surface area contributed by atoms with Crippen LogP contribution >= 0.6 is 11.6 Å². The zero-order valence-corrected chi connectivity index (χ0v) is 10.5. The molecule has 0 aliphatic carbocycles. The standard InChI is InChI=1S/C12H12ClNO4/c1-14(9-4-2-8(13)3-5-9)10(15)12(11(16)17)6-18-7-12/h2-5H,6-7H2,1H3,(H,16,17). The molecule has 1 aromatic carbocycles. The van der Waals surface area contributed by atoms with Crippen molar-refractivity contribution in [3.05, 3.63) is 29.3 Å². The van der Waals surface area contributed by atoms with Crippen LogP contribution in [-0.4, -0.2) is 37.2 Å². The van der Waals surface area contributed by atoms with Gasteiger partial charge in [0, 0.05) is 17.8 Å². The summed E-state index contributed by atoms with van der Waals surface area (Å²) < 4.78 is 4.88. The van der Waals surface area contributed by atoms with E-state index in [0.717, 1.165) is 0 Å². The molecule has 1 fully saturated rings. The van der Waals surface area contributed by atoms with Crippen molar-refractivity contribution < 1.29 is 19.4 Å². The number of carbonyl (C=O) groups excluding carboxylic acids is 1. The first-order valence-electron chi connectivity index (χ1n) is 5.32. The first kappa shape index (κ1) is 12.9. The van der Waals surface area contributed by atoms with Crippen molar-refractivity contribution in [2.24, 2.45) is 5.41 Å². The van der Waals surface area contributed by atoms with Gasteiger partial charge in [-0.15, -0.1) is 0 Å². The van der Waals surface area contributed by atoms with E-state index >= 15 is 0 Å². The summed E-state index contributed by atoms with van der Waals surface area (Å²) in [7, 11) is 1.54. The molecule has 0 aromatic heterocycles. The molecular formula is C12H12ClNO4. The van der Waals surface area contributed by atoms with Gasteiger partial charge in [0.05, 0.1) is 13.2 Å². The number of carboxylic acid groups (broad SMARTS) is 1. The number of carbonyl (C=O) groups is 2. The van der Waals surface area contributed by atoms with Crippen LogP contribution in [0.25, 0.3) is 0 Å². The van der Waals surface area contributed by atoms with E-state index < -0.39 is 17.3 Å². The van der Waals surface area contributed by atoms with Gasteiger partial charge in [0.15, 0.2) is 5.41 Å².